The summed E-state index contributed by atoms with van der Waals surface area (Å²) in [5.74, 6) is 0. The topological polar surface area (TPSA) is 110 Å². The van der Waals surface area contributed by atoms with E-state index >= 15 is 0 Å². The Morgan fingerprint density at radius 1 is 1.50 bits per heavy atom. The molecule has 0 saturated heterocycles. The summed E-state index contributed by atoms with van der Waals surface area (Å²) in [4.78, 5) is 32.9. The third kappa shape index (κ3) is 16.8. The third-order valence-electron chi connectivity index (χ3n) is 0.197. The largest absolute Gasteiger partial charge is 2.00 e. The summed E-state index contributed by atoms with van der Waals surface area (Å²) < 4.78 is 12.6. The van der Waals surface area contributed by atoms with Gasteiger partial charge in [-0.05, 0) is 4.57 Å². The summed E-state index contributed by atoms with van der Waals surface area (Å²) in [5.41, 5.74) is 0. The van der Waals surface area contributed by atoms with Crippen LogP contribution >= 0.6 is 8.25 Å². The Morgan fingerprint density at radius 2 is 1.80 bits per heavy atom. The van der Waals surface area contributed by atoms with E-state index in [1.54, 1.807) is 0 Å². The number of hydrogen-bond donors (Lipinski definition) is 3. The maximum absolute atomic E-state index is 9.38. The van der Waals surface area contributed by atoms with E-state index in [2.05, 4.69) is 4.21 Å². The zero-order valence-corrected chi connectivity index (χ0v) is 11.3. The summed E-state index contributed by atoms with van der Waals surface area (Å²) in [7, 11) is -8.19. The first-order valence-electron chi connectivity index (χ1n) is 1.42. The monoisotopic (exact) mass is 224 g/mol. The molecule has 0 bridgehead atoms. The van der Waals surface area contributed by atoms with Gasteiger partial charge in [0.05, 0.1) is 0 Å². The van der Waals surface area contributed by atoms with Gasteiger partial charge in [0.25, 0.3) is 0 Å². The van der Waals surface area contributed by atoms with Crippen LogP contribution in [0.15, 0.2) is 0 Å². The van der Waals surface area contributed by atoms with Crippen molar-refractivity contribution in [3.63, 3.8) is 0 Å². The molecule has 0 aliphatic carbocycles. The molecule has 0 amide bonds. The van der Waals surface area contributed by atoms with Crippen molar-refractivity contribution < 1.29 is 61.9 Å². The third-order valence-corrected chi connectivity index (χ3v) is 1.77. The zero-order chi connectivity index (χ0) is 6.78. The minimum atomic E-state index is -4.82. The fourth-order valence-corrected chi connectivity index (χ4v) is 0.900. The predicted octanol–water partition coefficient (Wildman–Crippen LogP) is -5.61. The second-order valence-electron chi connectivity index (χ2n) is 0.889. The van der Waals surface area contributed by atoms with E-state index in [0.717, 1.165) is 0 Å². The first-order valence-corrected chi connectivity index (χ1v) is 4.27. The quantitative estimate of drug-likeness (QED) is 0.318. The molecule has 0 aromatic heterocycles. The fraction of sp³-hybridized carbons (Fsp3) is 0. The molecule has 0 radical (unpaired) electrons. The minimum absolute atomic E-state index is 0. The molecule has 0 heterocycles. The van der Waals surface area contributed by atoms with Crippen LogP contribution in [0.5, 0.6) is 0 Å². The molecule has 0 spiro atoms. The summed E-state index contributed by atoms with van der Waals surface area (Å²) in [6, 6.07) is 0. The van der Waals surface area contributed by atoms with Crippen LogP contribution in [-0.4, -0.2) is 61.2 Å². The van der Waals surface area contributed by atoms with Crippen LogP contribution in [0.2, 0.25) is 0 Å². The maximum atomic E-state index is 9.38. The average Bonchev–Trinajstić information content (AvgIpc) is 1.21. The van der Waals surface area contributed by atoms with Crippen molar-refractivity contribution in [2.45, 2.75) is 0 Å². The van der Waals surface area contributed by atoms with Gasteiger partial charge in [0, 0.05) is 0 Å². The molecule has 0 fully saturated rings. The molecule has 0 aliphatic heterocycles. The standard InChI is InChI=1S/Ca.Na.H3O6PSi.3H/c;;1-7(2)6-8(3,4)5;;;/h;;3-5H;;;/q+2;+1;;3*-1. The molecule has 0 rings (SSSR count). The zero-order valence-electron chi connectivity index (χ0n) is 8.22. The van der Waals surface area contributed by atoms with E-state index in [9.17, 15) is 9.46 Å². The summed E-state index contributed by atoms with van der Waals surface area (Å²) >= 11 is 0. The summed E-state index contributed by atoms with van der Waals surface area (Å²) in [5, 5.41) is 0. The van der Waals surface area contributed by atoms with Crippen LogP contribution < -0.4 is 34.5 Å². The maximum Gasteiger partial charge on any atom is 2.00 e. The summed E-state index contributed by atoms with van der Waals surface area (Å²) in [6.07, 6.45) is 0. The van der Waals surface area contributed by atoms with Crippen LogP contribution in [0.25, 0.3) is 0 Å². The second kappa shape index (κ2) is 8.00. The van der Waals surface area contributed by atoms with Gasteiger partial charge in [0.1, 0.15) is 0 Å². The SMILES string of the molecule is O=[P+]([O-])O[Si](O)(O)O.[Ca+2].[H-].[H-].[H-].[Na+]. The van der Waals surface area contributed by atoms with Gasteiger partial charge < -0.3 is 23.6 Å². The van der Waals surface area contributed by atoms with Crippen molar-refractivity contribution in [2.75, 3.05) is 0 Å². The molecule has 1 atom stereocenters. The molecule has 10 heteroatoms. The molecule has 3 N–H and O–H groups in total. The van der Waals surface area contributed by atoms with Gasteiger partial charge >= 0.3 is 84.6 Å². The first kappa shape index (κ1) is 18.2. The van der Waals surface area contributed by atoms with E-state index < -0.39 is 17.3 Å². The molecule has 6 nitrogen and oxygen atoms in total. The van der Waals surface area contributed by atoms with Gasteiger partial charge in [-0.1, -0.05) is 0 Å². The second-order valence-corrected chi connectivity index (χ2v) is 3.21. The Hall–Kier alpha value is 2.38. The van der Waals surface area contributed by atoms with Crippen molar-refractivity contribution in [3.05, 3.63) is 0 Å². The van der Waals surface area contributed by atoms with Crippen LogP contribution in [0.4, 0.5) is 0 Å². The molecular weight excluding hydrogens is 218 g/mol. The van der Waals surface area contributed by atoms with E-state index in [1.807, 2.05) is 0 Å². The normalized spacial score (nSPS) is 11.0. The Bertz CT molecular complexity index is 111. The van der Waals surface area contributed by atoms with Gasteiger partial charge in [0.15, 0.2) is 0 Å². The molecule has 0 aliphatic rings. The molecule has 0 aromatic rings. The predicted molar refractivity (Wildman–Crippen MR) is 30.2 cm³/mol. The van der Waals surface area contributed by atoms with Crippen molar-refractivity contribution in [2.24, 2.45) is 0 Å². The first-order chi connectivity index (χ1) is 3.42. The van der Waals surface area contributed by atoms with Crippen molar-refractivity contribution in [3.8, 4) is 0 Å². The Labute approximate surface area is 115 Å². The molecule has 0 saturated carbocycles. The van der Waals surface area contributed by atoms with Gasteiger partial charge in [-0.2, -0.15) is 0 Å². The van der Waals surface area contributed by atoms with Crippen LogP contribution in [0, 0.1) is 0 Å². The van der Waals surface area contributed by atoms with Crippen molar-refractivity contribution in [1.82, 2.24) is 0 Å². The molecule has 10 heavy (non-hydrogen) atoms. The molecule has 0 aromatic carbocycles. The Balaban J connectivity index is -0.0000000245. The van der Waals surface area contributed by atoms with Crippen LogP contribution in [0.1, 0.15) is 4.28 Å². The van der Waals surface area contributed by atoms with Crippen LogP contribution in [-0.2, 0) is 8.78 Å². The fourth-order valence-electron chi connectivity index (χ4n) is 0.100. The van der Waals surface area contributed by atoms with Gasteiger partial charge in [-0.3, -0.25) is 0 Å². The number of hydrogen-bond acceptors (Lipinski definition) is 6. The van der Waals surface area contributed by atoms with Crippen molar-refractivity contribution in [1.29, 1.82) is 0 Å². The van der Waals surface area contributed by atoms with Gasteiger partial charge in [-0.15, -0.1) is 4.21 Å². The molecule has 1 unspecified atom stereocenters. The smallest absolute Gasteiger partial charge is 1.00 e. The van der Waals surface area contributed by atoms with E-state index in [4.69, 9.17) is 14.4 Å². The average molecular weight is 224 g/mol. The Kier molecular flexibility index (Phi) is 14.6. The Morgan fingerprint density at radius 3 is 1.80 bits per heavy atom. The van der Waals surface area contributed by atoms with Crippen molar-refractivity contribution >= 4 is 55.0 Å². The van der Waals surface area contributed by atoms with E-state index in [0.29, 0.717) is 0 Å². The van der Waals surface area contributed by atoms with Gasteiger partial charge in [0.2, 0.25) is 0 Å². The number of rotatable bonds is 2. The van der Waals surface area contributed by atoms with E-state index in [1.165, 1.54) is 0 Å². The minimum Gasteiger partial charge on any atom is -1.00 e. The van der Waals surface area contributed by atoms with Gasteiger partial charge in [-0.25, -0.2) is 0 Å². The summed E-state index contributed by atoms with van der Waals surface area (Å²) in [6.45, 7) is 0. The molecular formula is H6CaNaO6PSi. The molecule has 54 valence electrons. The van der Waals surface area contributed by atoms with E-state index in [-0.39, 0.29) is 71.6 Å². The van der Waals surface area contributed by atoms with Crippen LogP contribution in [0.3, 0.4) is 0 Å².